The lowest BCUT2D eigenvalue weighted by Crippen LogP contribution is -2.34. The summed E-state index contributed by atoms with van der Waals surface area (Å²) in [6, 6.07) is 15.9. The number of nitrogens with one attached hydrogen (secondary N) is 2. The van der Waals surface area contributed by atoms with Gasteiger partial charge < -0.3 is 10.6 Å². The van der Waals surface area contributed by atoms with Crippen LogP contribution in [0.15, 0.2) is 48.5 Å². The highest BCUT2D eigenvalue weighted by Gasteiger charge is 2.28. The summed E-state index contributed by atoms with van der Waals surface area (Å²) in [6.07, 6.45) is 0. The van der Waals surface area contributed by atoms with Crippen LogP contribution in [0.2, 0.25) is 0 Å². The fraction of sp³-hybridized carbons (Fsp3) is 0.333. The molecule has 2 aromatic rings. The van der Waals surface area contributed by atoms with Gasteiger partial charge in [-0.3, -0.25) is 0 Å². The molecule has 2 atom stereocenters. The summed E-state index contributed by atoms with van der Waals surface area (Å²) in [5.74, 6) is 0.241. The van der Waals surface area contributed by atoms with Crippen LogP contribution in [0.1, 0.15) is 22.6 Å². The molecule has 1 heterocycles. The maximum atomic E-state index is 13.3. The molecular weight excluding hydrogens is 263 g/mol. The monoisotopic (exact) mass is 284 g/mol. The number of benzene rings is 2. The van der Waals surface area contributed by atoms with E-state index < -0.39 is 0 Å². The summed E-state index contributed by atoms with van der Waals surface area (Å²) >= 11 is 0. The van der Waals surface area contributed by atoms with Crippen molar-refractivity contribution in [1.29, 1.82) is 0 Å². The Balaban J connectivity index is 1.70. The van der Waals surface area contributed by atoms with E-state index in [-0.39, 0.29) is 5.82 Å². The van der Waals surface area contributed by atoms with E-state index in [4.69, 9.17) is 0 Å². The SMILES string of the molecule is Cc1cc(F)ccc1[C@@H]1CNC[C@H]1NCc1ccccc1. The van der Waals surface area contributed by atoms with Crippen molar-refractivity contribution in [3.05, 3.63) is 71.0 Å². The number of halogens is 1. The van der Waals surface area contributed by atoms with E-state index >= 15 is 0 Å². The molecule has 1 aliphatic rings. The highest BCUT2D eigenvalue weighted by atomic mass is 19.1. The van der Waals surface area contributed by atoms with Gasteiger partial charge in [0.25, 0.3) is 0 Å². The lowest BCUT2D eigenvalue weighted by molar-refractivity contribution is 0.501. The van der Waals surface area contributed by atoms with E-state index in [9.17, 15) is 4.39 Å². The highest BCUT2D eigenvalue weighted by Crippen LogP contribution is 2.26. The zero-order valence-electron chi connectivity index (χ0n) is 12.3. The van der Waals surface area contributed by atoms with Crippen LogP contribution in [0.5, 0.6) is 0 Å². The Hall–Kier alpha value is -1.71. The first kappa shape index (κ1) is 14.2. The minimum Gasteiger partial charge on any atom is -0.314 e. The lowest BCUT2D eigenvalue weighted by Gasteiger charge is -2.22. The van der Waals surface area contributed by atoms with Crippen LogP contribution in [0, 0.1) is 12.7 Å². The molecule has 3 heteroatoms. The minimum absolute atomic E-state index is 0.156. The van der Waals surface area contributed by atoms with Crippen LogP contribution in [-0.4, -0.2) is 19.1 Å². The molecule has 2 aromatic carbocycles. The van der Waals surface area contributed by atoms with Crippen molar-refractivity contribution in [3.63, 3.8) is 0 Å². The number of rotatable bonds is 4. The molecule has 0 amide bonds. The topological polar surface area (TPSA) is 24.1 Å². The number of aryl methyl sites for hydroxylation is 1. The van der Waals surface area contributed by atoms with Gasteiger partial charge >= 0.3 is 0 Å². The predicted molar refractivity (Wildman–Crippen MR) is 83.8 cm³/mol. The predicted octanol–water partition coefficient (Wildman–Crippen LogP) is 2.98. The van der Waals surface area contributed by atoms with Gasteiger partial charge in [0, 0.05) is 31.6 Å². The molecular formula is C18H21FN2. The third-order valence-corrected chi connectivity index (χ3v) is 4.26. The Bertz CT molecular complexity index is 597. The second-order valence-electron chi connectivity index (χ2n) is 5.74. The molecule has 21 heavy (non-hydrogen) atoms. The summed E-state index contributed by atoms with van der Waals surface area (Å²) in [5, 5.41) is 7.07. The van der Waals surface area contributed by atoms with E-state index in [0.29, 0.717) is 12.0 Å². The molecule has 3 rings (SSSR count). The standard InChI is InChI=1S/C18H21FN2/c1-13-9-15(19)7-8-16(13)17-11-20-12-18(17)21-10-14-5-3-2-4-6-14/h2-9,17-18,20-21H,10-12H2,1H3/t17-,18+/m0/s1. The van der Waals surface area contributed by atoms with Gasteiger partial charge in [-0.05, 0) is 35.7 Å². The second kappa shape index (κ2) is 6.37. The van der Waals surface area contributed by atoms with Crippen molar-refractivity contribution >= 4 is 0 Å². The van der Waals surface area contributed by atoms with Crippen molar-refractivity contribution < 1.29 is 4.39 Å². The molecule has 2 nitrogen and oxygen atoms in total. The fourth-order valence-corrected chi connectivity index (χ4v) is 3.12. The van der Waals surface area contributed by atoms with Gasteiger partial charge in [-0.2, -0.15) is 0 Å². The maximum Gasteiger partial charge on any atom is 0.123 e. The summed E-state index contributed by atoms with van der Waals surface area (Å²) < 4.78 is 13.3. The van der Waals surface area contributed by atoms with Gasteiger partial charge in [-0.1, -0.05) is 36.4 Å². The van der Waals surface area contributed by atoms with Gasteiger partial charge in [0.15, 0.2) is 0 Å². The molecule has 110 valence electrons. The largest absolute Gasteiger partial charge is 0.314 e. The van der Waals surface area contributed by atoms with E-state index in [1.54, 1.807) is 12.1 Å². The molecule has 0 aromatic heterocycles. The average Bonchev–Trinajstić information content (AvgIpc) is 2.94. The van der Waals surface area contributed by atoms with Crippen molar-refractivity contribution in [2.45, 2.75) is 25.4 Å². The average molecular weight is 284 g/mol. The zero-order chi connectivity index (χ0) is 14.7. The van der Waals surface area contributed by atoms with Gasteiger partial charge in [-0.25, -0.2) is 4.39 Å². The minimum atomic E-state index is -0.156. The van der Waals surface area contributed by atoms with Gasteiger partial charge in [0.05, 0.1) is 0 Å². The first-order valence-corrected chi connectivity index (χ1v) is 7.48. The number of hydrogen-bond donors (Lipinski definition) is 2. The third kappa shape index (κ3) is 3.31. The quantitative estimate of drug-likeness (QED) is 0.902. The van der Waals surface area contributed by atoms with Crippen LogP contribution in [0.3, 0.4) is 0 Å². The molecule has 0 bridgehead atoms. The lowest BCUT2D eigenvalue weighted by atomic mass is 9.90. The molecule has 1 fully saturated rings. The fourth-order valence-electron chi connectivity index (χ4n) is 3.12. The van der Waals surface area contributed by atoms with E-state index in [0.717, 1.165) is 25.2 Å². The van der Waals surface area contributed by atoms with Gasteiger partial charge in [0.1, 0.15) is 5.82 Å². The van der Waals surface area contributed by atoms with Crippen molar-refractivity contribution in [1.82, 2.24) is 10.6 Å². The van der Waals surface area contributed by atoms with Crippen LogP contribution < -0.4 is 10.6 Å². The number of hydrogen-bond acceptors (Lipinski definition) is 2. The molecule has 0 spiro atoms. The Morgan fingerprint density at radius 3 is 2.71 bits per heavy atom. The third-order valence-electron chi connectivity index (χ3n) is 4.26. The van der Waals surface area contributed by atoms with Crippen molar-refractivity contribution in [2.75, 3.05) is 13.1 Å². The maximum absolute atomic E-state index is 13.3. The molecule has 2 N–H and O–H groups in total. The second-order valence-corrected chi connectivity index (χ2v) is 5.74. The normalized spacial score (nSPS) is 21.6. The summed E-state index contributed by atoms with van der Waals surface area (Å²) in [7, 11) is 0. The Labute approximate surface area is 125 Å². The van der Waals surface area contributed by atoms with E-state index in [1.807, 2.05) is 19.1 Å². The van der Waals surface area contributed by atoms with Crippen LogP contribution in [0.4, 0.5) is 4.39 Å². The first-order valence-electron chi connectivity index (χ1n) is 7.48. The van der Waals surface area contributed by atoms with E-state index in [2.05, 4.69) is 34.9 Å². The highest BCUT2D eigenvalue weighted by molar-refractivity contribution is 5.32. The molecule has 0 radical (unpaired) electrons. The van der Waals surface area contributed by atoms with Crippen LogP contribution in [-0.2, 0) is 6.54 Å². The van der Waals surface area contributed by atoms with E-state index in [1.165, 1.54) is 11.1 Å². The van der Waals surface area contributed by atoms with Crippen LogP contribution in [0.25, 0.3) is 0 Å². The zero-order valence-corrected chi connectivity index (χ0v) is 12.3. The van der Waals surface area contributed by atoms with Crippen molar-refractivity contribution in [3.8, 4) is 0 Å². The summed E-state index contributed by atoms with van der Waals surface area (Å²) in [5.41, 5.74) is 3.57. The summed E-state index contributed by atoms with van der Waals surface area (Å²) in [4.78, 5) is 0. The molecule has 1 aliphatic heterocycles. The smallest absolute Gasteiger partial charge is 0.123 e. The van der Waals surface area contributed by atoms with Gasteiger partial charge in [-0.15, -0.1) is 0 Å². The molecule has 0 unspecified atom stereocenters. The van der Waals surface area contributed by atoms with Crippen LogP contribution >= 0.6 is 0 Å². The Morgan fingerprint density at radius 2 is 1.95 bits per heavy atom. The molecule has 1 saturated heterocycles. The van der Waals surface area contributed by atoms with Crippen molar-refractivity contribution in [2.24, 2.45) is 0 Å². The van der Waals surface area contributed by atoms with Gasteiger partial charge in [0.2, 0.25) is 0 Å². The molecule has 0 aliphatic carbocycles. The summed E-state index contributed by atoms with van der Waals surface area (Å²) in [6.45, 7) is 4.75. The Morgan fingerprint density at radius 1 is 1.14 bits per heavy atom. The Kier molecular flexibility index (Phi) is 4.32. The first-order chi connectivity index (χ1) is 10.2. The molecule has 0 saturated carbocycles.